The first kappa shape index (κ1) is 12.6. The topological polar surface area (TPSA) is 0 Å². The number of benzene rings is 1. The van der Waals surface area contributed by atoms with E-state index in [4.69, 9.17) is 0 Å². The highest BCUT2D eigenvalue weighted by Crippen LogP contribution is 2.62. The van der Waals surface area contributed by atoms with E-state index in [2.05, 4.69) is 15.9 Å². The molecule has 2 saturated carbocycles. The number of hydrogen-bond acceptors (Lipinski definition) is 0. The minimum atomic E-state index is -0.306. The lowest BCUT2D eigenvalue weighted by Crippen LogP contribution is -2.01. The second kappa shape index (κ2) is 4.59. The van der Waals surface area contributed by atoms with Crippen molar-refractivity contribution < 1.29 is 8.78 Å². The lowest BCUT2D eigenvalue weighted by molar-refractivity contribution is 0.480. The lowest BCUT2D eigenvalue weighted by Gasteiger charge is -2.12. The van der Waals surface area contributed by atoms with Crippen molar-refractivity contribution >= 4 is 15.9 Å². The molecule has 0 spiro atoms. The van der Waals surface area contributed by atoms with Gasteiger partial charge in [-0.2, -0.15) is 0 Å². The maximum atomic E-state index is 14.0. The number of aryl methyl sites for hydroxylation is 1. The molecule has 0 N–H and O–H groups in total. The number of hydrogen-bond donors (Lipinski definition) is 0. The normalized spacial score (nSPS) is 31.9. The minimum Gasteiger partial charge on any atom is -0.207 e. The first-order valence-electron chi connectivity index (χ1n) is 6.69. The van der Waals surface area contributed by atoms with Gasteiger partial charge in [-0.3, -0.25) is 0 Å². The van der Waals surface area contributed by atoms with Gasteiger partial charge in [-0.05, 0) is 55.2 Å². The molecule has 98 valence electrons. The highest BCUT2D eigenvalue weighted by Gasteiger charge is 2.54. The van der Waals surface area contributed by atoms with Gasteiger partial charge in [0.1, 0.15) is 11.6 Å². The van der Waals surface area contributed by atoms with Crippen LogP contribution >= 0.6 is 15.9 Å². The van der Waals surface area contributed by atoms with Gasteiger partial charge in [-0.15, -0.1) is 0 Å². The predicted molar refractivity (Wildman–Crippen MR) is 71.7 cm³/mol. The van der Waals surface area contributed by atoms with Crippen LogP contribution in [0.2, 0.25) is 0 Å². The molecule has 0 nitrogen and oxygen atoms in total. The number of alkyl halides is 1. The summed E-state index contributed by atoms with van der Waals surface area (Å²) in [6.07, 6.45) is 5.10. The van der Waals surface area contributed by atoms with Gasteiger partial charge in [0.2, 0.25) is 0 Å². The van der Waals surface area contributed by atoms with E-state index in [0.717, 1.165) is 11.8 Å². The van der Waals surface area contributed by atoms with Crippen molar-refractivity contribution in [3.8, 4) is 0 Å². The highest BCUT2D eigenvalue weighted by molar-refractivity contribution is 9.09. The number of rotatable bonds is 2. The Morgan fingerprint density at radius 1 is 1.11 bits per heavy atom. The molecule has 2 fully saturated rings. The zero-order valence-electron chi connectivity index (χ0n) is 10.4. The second-order valence-electron chi connectivity index (χ2n) is 5.71. The van der Waals surface area contributed by atoms with Crippen LogP contribution in [-0.4, -0.2) is 0 Å². The standard InChI is InChI=1S/C15H17BrF2/c1-8-6-13(18)11(7-12(8)17)15(16)14-9-4-2-3-5-10(9)14/h6-7,9-10,14-15H,2-5H2,1H3. The molecule has 2 aliphatic carbocycles. The Morgan fingerprint density at radius 2 is 1.72 bits per heavy atom. The smallest absolute Gasteiger partial charge is 0.128 e. The van der Waals surface area contributed by atoms with E-state index >= 15 is 0 Å². The van der Waals surface area contributed by atoms with Crippen molar-refractivity contribution in [3.63, 3.8) is 0 Å². The van der Waals surface area contributed by atoms with Gasteiger partial charge in [0, 0.05) is 10.4 Å². The molecule has 0 heterocycles. The monoisotopic (exact) mass is 314 g/mol. The van der Waals surface area contributed by atoms with Gasteiger partial charge in [-0.1, -0.05) is 28.8 Å². The van der Waals surface area contributed by atoms with Crippen LogP contribution in [0.4, 0.5) is 8.78 Å². The Morgan fingerprint density at radius 3 is 2.33 bits per heavy atom. The van der Waals surface area contributed by atoms with Crippen LogP contribution in [0.25, 0.3) is 0 Å². The molecular formula is C15H17BrF2. The SMILES string of the molecule is Cc1cc(F)c(C(Br)C2C3CCCCC32)cc1F. The zero-order valence-corrected chi connectivity index (χ0v) is 12.0. The summed E-state index contributed by atoms with van der Waals surface area (Å²) in [5.41, 5.74) is 0.877. The summed E-state index contributed by atoms with van der Waals surface area (Å²) in [5.74, 6) is 1.38. The van der Waals surface area contributed by atoms with Gasteiger partial charge < -0.3 is 0 Å². The van der Waals surface area contributed by atoms with Crippen LogP contribution in [0.1, 0.15) is 41.6 Å². The number of fused-ring (bicyclic) bond motifs is 1. The van der Waals surface area contributed by atoms with Crippen LogP contribution in [0.3, 0.4) is 0 Å². The van der Waals surface area contributed by atoms with E-state index in [9.17, 15) is 8.78 Å². The first-order chi connectivity index (χ1) is 8.59. The Balaban J connectivity index is 1.85. The van der Waals surface area contributed by atoms with Crippen molar-refractivity contribution in [2.75, 3.05) is 0 Å². The van der Waals surface area contributed by atoms with Crippen molar-refractivity contribution in [3.05, 3.63) is 34.9 Å². The second-order valence-corrected chi connectivity index (χ2v) is 6.70. The van der Waals surface area contributed by atoms with E-state index in [1.165, 1.54) is 37.8 Å². The van der Waals surface area contributed by atoms with Gasteiger partial charge in [0.05, 0.1) is 0 Å². The molecule has 3 rings (SSSR count). The third kappa shape index (κ3) is 2.01. The molecule has 0 saturated heterocycles. The van der Waals surface area contributed by atoms with E-state index < -0.39 is 0 Å². The van der Waals surface area contributed by atoms with Gasteiger partial charge in [0.25, 0.3) is 0 Å². The predicted octanol–water partition coefficient (Wildman–Crippen LogP) is 5.15. The summed E-state index contributed by atoms with van der Waals surface area (Å²) >= 11 is 3.61. The maximum absolute atomic E-state index is 14.0. The van der Waals surface area contributed by atoms with Crippen molar-refractivity contribution in [2.45, 2.75) is 37.4 Å². The summed E-state index contributed by atoms with van der Waals surface area (Å²) < 4.78 is 27.5. The van der Waals surface area contributed by atoms with Gasteiger partial charge >= 0.3 is 0 Å². The largest absolute Gasteiger partial charge is 0.207 e. The molecule has 0 radical (unpaired) electrons. The van der Waals surface area contributed by atoms with Crippen molar-refractivity contribution in [1.82, 2.24) is 0 Å². The number of halogens is 3. The molecule has 0 amide bonds. The van der Waals surface area contributed by atoms with Gasteiger partial charge in [-0.25, -0.2) is 8.78 Å². The van der Waals surface area contributed by atoms with E-state index in [1.807, 2.05) is 0 Å². The fourth-order valence-corrected chi connectivity index (χ4v) is 4.70. The first-order valence-corrected chi connectivity index (χ1v) is 7.61. The Kier molecular flexibility index (Phi) is 3.21. The molecule has 3 atom stereocenters. The van der Waals surface area contributed by atoms with Crippen LogP contribution in [0, 0.1) is 36.3 Å². The fourth-order valence-electron chi connectivity index (χ4n) is 3.56. The van der Waals surface area contributed by atoms with Crippen LogP contribution < -0.4 is 0 Å². The van der Waals surface area contributed by atoms with Gasteiger partial charge in [0.15, 0.2) is 0 Å². The molecule has 3 unspecified atom stereocenters. The summed E-state index contributed by atoms with van der Waals surface area (Å²) in [6, 6.07) is 2.68. The summed E-state index contributed by atoms with van der Waals surface area (Å²) in [4.78, 5) is -0.0271. The molecule has 3 heteroatoms. The third-order valence-electron chi connectivity index (χ3n) is 4.64. The molecule has 0 aromatic heterocycles. The molecule has 0 aliphatic heterocycles. The Labute approximate surface area is 115 Å². The fraction of sp³-hybridized carbons (Fsp3) is 0.600. The molecular weight excluding hydrogens is 298 g/mol. The van der Waals surface area contributed by atoms with E-state index in [-0.39, 0.29) is 16.5 Å². The molecule has 2 aliphatic rings. The molecule has 18 heavy (non-hydrogen) atoms. The average Bonchev–Trinajstić information content (AvgIpc) is 3.07. The quantitative estimate of drug-likeness (QED) is 0.663. The van der Waals surface area contributed by atoms with Crippen LogP contribution in [0.15, 0.2) is 12.1 Å². The Bertz CT molecular complexity index is 460. The summed E-state index contributed by atoms with van der Waals surface area (Å²) in [5, 5.41) is 0. The highest BCUT2D eigenvalue weighted by atomic mass is 79.9. The molecule has 1 aromatic carbocycles. The zero-order chi connectivity index (χ0) is 12.9. The Hall–Kier alpha value is -0.440. The molecule has 0 bridgehead atoms. The van der Waals surface area contributed by atoms with Crippen LogP contribution in [0.5, 0.6) is 0 Å². The lowest BCUT2D eigenvalue weighted by atomic mass is 10.0. The van der Waals surface area contributed by atoms with E-state index in [0.29, 0.717) is 17.0 Å². The van der Waals surface area contributed by atoms with Crippen LogP contribution in [-0.2, 0) is 0 Å². The third-order valence-corrected chi connectivity index (χ3v) is 5.74. The van der Waals surface area contributed by atoms with E-state index in [1.54, 1.807) is 6.92 Å². The maximum Gasteiger partial charge on any atom is 0.128 e. The average molecular weight is 315 g/mol. The summed E-state index contributed by atoms with van der Waals surface area (Å²) in [6.45, 7) is 1.60. The minimum absolute atomic E-state index is 0.0271. The van der Waals surface area contributed by atoms with Crippen molar-refractivity contribution in [2.24, 2.45) is 17.8 Å². The van der Waals surface area contributed by atoms with Crippen molar-refractivity contribution in [1.29, 1.82) is 0 Å². The summed E-state index contributed by atoms with van der Waals surface area (Å²) in [7, 11) is 0. The molecule has 1 aromatic rings.